The number of hydrogen-bond acceptors (Lipinski definition) is 6. The van der Waals surface area contributed by atoms with Crippen LogP contribution in [0, 0.1) is 11.3 Å². The van der Waals surface area contributed by atoms with Gasteiger partial charge in [0.05, 0.1) is 23.1 Å². The monoisotopic (exact) mass is 381 g/mol. The van der Waals surface area contributed by atoms with Gasteiger partial charge in [0.1, 0.15) is 12.0 Å². The topological polar surface area (TPSA) is 113 Å². The van der Waals surface area contributed by atoms with Crippen LogP contribution in [0.5, 0.6) is 0 Å². The van der Waals surface area contributed by atoms with Crippen LogP contribution in [-0.4, -0.2) is 25.1 Å². The number of nitriles is 1. The van der Waals surface area contributed by atoms with E-state index in [1.165, 1.54) is 12.3 Å². The average molecular weight is 381 g/mol. The van der Waals surface area contributed by atoms with Crippen molar-refractivity contribution in [3.05, 3.63) is 72.1 Å². The van der Waals surface area contributed by atoms with Crippen molar-refractivity contribution in [1.29, 1.82) is 5.26 Å². The molecule has 136 valence electrons. The second kappa shape index (κ2) is 7.85. The maximum Gasteiger partial charge on any atom is 0.239 e. The second-order valence-corrected chi connectivity index (χ2v) is 7.85. The summed E-state index contributed by atoms with van der Waals surface area (Å²) >= 11 is 0. The molecule has 3 aromatic rings. The molecule has 0 bridgehead atoms. The van der Waals surface area contributed by atoms with Gasteiger partial charge in [-0.05, 0) is 30.3 Å². The maximum atomic E-state index is 12.3. The zero-order valence-electron chi connectivity index (χ0n) is 14.1. The Kier molecular flexibility index (Phi) is 5.33. The predicted molar refractivity (Wildman–Crippen MR) is 99.2 cm³/mol. The number of carbonyl (C=O) groups is 1. The van der Waals surface area contributed by atoms with Crippen LogP contribution in [0.15, 0.2) is 65.3 Å². The molecule has 0 aliphatic heterocycles. The predicted octanol–water partition coefficient (Wildman–Crippen LogP) is 2.77. The quantitative estimate of drug-likeness (QED) is 0.702. The van der Waals surface area contributed by atoms with Crippen LogP contribution < -0.4 is 5.32 Å². The van der Waals surface area contributed by atoms with Crippen molar-refractivity contribution < 1.29 is 17.6 Å². The van der Waals surface area contributed by atoms with E-state index >= 15 is 0 Å². The summed E-state index contributed by atoms with van der Waals surface area (Å²) in [4.78, 5) is 16.2. The van der Waals surface area contributed by atoms with E-state index in [-0.39, 0.29) is 5.69 Å². The first-order valence-corrected chi connectivity index (χ1v) is 9.77. The Morgan fingerprint density at radius 1 is 1.15 bits per heavy atom. The summed E-state index contributed by atoms with van der Waals surface area (Å²) in [6.45, 7) is 0. The summed E-state index contributed by atoms with van der Waals surface area (Å²) < 4.78 is 29.9. The van der Waals surface area contributed by atoms with Crippen molar-refractivity contribution >= 4 is 21.4 Å². The fraction of sp³-hybridized carbons (Fsp3) is 0.105. The SMILES string of the molecule is N#Cc1cccc(NC(=O)CS(=O)(=O)Cc2coc(-c3ccccc3)n2)c1. The fourth-order valence-corrected chi connectivity index (χ4v) is 3.58. The third-order valence-electron chi connectivity index (χ3n) is 3.57. The van der Waals surface area contributed by atoms with Gasteiger partial charge in [0.25, 0.3) is 0 Å². The molecule has 3 rings (SSSR count). The molecule has 8 heteroatoms. The first kappa shape index (κ1) is 18.4. The first-order chi connectivity index (χ1) is 12.9. The molecule has 1 heterocycles. The molecule has 0 saturated carbocycles. The van der Waals surface area contributed by atoms with Gasteiger partial charge in [-0.1, -0.05) is 24.3 Å². The number of amides is 1. The molecule has 0 atom stereocenters. The second-order valence-electron chi connectivity index (χ2n) is 5.78. The van der Waals surface area contributed by atoms with Crippen LogP contribution in [0.2, 0.25) is 0 Å². The van der Waals surface area contributed by atoms with Crippen molar-refractivity contribution in [3.8, 4) is 17.5 Å². The van der Waals surface area contributed by atoms with Crippen molar-refractivity contribution in [1.82, 2.24) is 4.98 Å². The van der Waals surface area contributed by atoms with Crippen molar-refractivity contribution in [2.24, 2.45) is 0 Å². The molecule has 0 radical (unpaired) electrons. The summed E-state index contributed by atoms with van der Waals surface area (Å²) in [5.41, 5.74) is 1.69. The third-order valence-corrected chi connectivity index (χ3v) is 5.00. The Bertz CT molecular complexity index is 1100. The Labute approximate surface area is 156 Å². The van der Waals surface area contributed by atoms with E-state index in [1.54, 1.807) is 30.3 Å². The highest BCUT2D eigenvalue weighted by Crippen LogP contribution is 2.19. The van der Waals surface area contributed by atoms with E-state index in [2.05, 4.69) is 10.3 Å². The molecule has 1 N–H and O–H groups in total. The lowest BCUT2D eigenvalue weighted by Gasteiger charge is -2.05. The number of nitrogens with one attached hydrogen (secondary N) is 1. The number of sulfone groups is 1. The number of oxazole rings is 1. The fourth-order valence-electron chi connectivity index (χ4n) is 2.43. The molecule has 1 aromatic heterocycles. The van der Waals surface area contributed by atoms with Gasteiger partial charge in [-0.15, -0.1) is 0 Å². The highest BCUT2D eigenvalue weighted by Gasteiger charge is 2.20. The summed E-state index contributed by atoms with van der Waals surface area (Å²) in [5, 5.41) is 11.3. The normalized spacial score (nSPS) is 10.9. The number of nitrogens with zero attached hydrogens (tertiary/aromatic N) is 2. The molecule has 1 amide bonds. The summed E-state index contributed by atoms with van der Waals surface area (Å²) in [6, 6.07) is 17.3. The lowest BCUT2D eigenvalue weighted by Crippen LogP contribution is -2.24. The van der Waals surface area contributed by atoms with Gasteiger partial charge in [-0.2, -0.15) is 5.26 Å². The minimum atomic E-state index is -3.74. The van der Waals surface area contributed by atoms with Gasteiger partial charge in [-0.3, -0.25) is 4.79 Å². The highest BCUT2D eigenvalue weighted by atomic mass is 32.2. The summed E-state index contributed by atoms with van der Waals surface area (Å²) in [5.74, 6) is -1.47. The van der Waals surface area contributed by atoms with Gasteiger partial charge < -0.3 is 9.73 Å². The van der Waals surface area contributed by atoms with Gasteiger partial charge >= 0.3 is 0 Å². The lowest BCUT2D eigenvalue weighted by molar-refractivity contribution is -0.113. The summed E-state index contributed by atoms with van der Waals surface area (Å²) in [7, 11) is -3.74. The van der Waals surface area contributed by atoms with Gasteiger partial charge in [0.15, 0.2) is 9.84 Å². The van der Waals surface area contributed by atoms with Crippen LogP contribution in [0.4, 0.5) is 5.69 Å². The van der Waals surface area contributed by atoms with Crippen molar-refractivity contribution in [2.75, 3.05) is 11.1 Å². The van der Waals surface area contributed by atoms with Crippen LogP contribution in [0.25, 0.3) is 11.5 Å². The molecule has 0 aliphatic rings. The summed E-state index contributed by atoms with van der Waals surface area (Å²) in [6.07, 6.45) is 1.27. The standard InChI is InChI=1S/C19H15N3O4S/c20-10-14-5-4-8-16(9-14)21-18(23)13-27(24,25)12-17-11-26-19(22-17)15-6-2-1-3-7-15/h1-9,11H,12-13H2,(H,21,23). The average Bonchev–Trinajstić information content (AvgIpc) is 3.09. The zero-order valence-corrected chi connectivity index (χ0v) is 14.9. The number of carbonyl (C=O) groups excluding carboxylic acids is 1. The van der Waals surface area contributed by atoms with Gasteiger partial charge in [0.2, 0.25) is 11.8 Å². The van der Waals surface area contributed by atoms with Gasteiger partial charge in [-0.25, -0.2) is 13.4 Å². The number of benzene rings is 2. The maximum absolute atomic E-state index is 12.3. The largest absolute Gasteiger partial charge is 0.444 e. The van der Waals surface area contributed by atoms with E-state index in [4.69, 9.17) is 9.68 Å². The van der Waals surface area contributed by atoms with Crippen LogP contribution in [0.3, 0.4) is 0 Å². The molecule has 0 unspecified atom stereocenters. The van der Waals surface area contributed by atoms with E-state index in [0.717, 1.165) is 5.56 Å². The van der Waals surface area contributed by atoms with E-state index in [0.29, 0.717) is 17.1 Å². The number of rotatable bonds is 6. The van der Waals surface area contributed by atoms with Crippen LogP contribution >= 0.6 is 0 Å². The highest BCUT2D eigenvalue weighted by molar-refractivity contribution is 7.91. The van der Waals surface area contributed by atoms with E-state index in [9.17, 15) is 13.2 Å². The Morgan fingerprint density at radius 2 is 1.93 bits per heavy atom. The molecule has 2 aromatic carbocycles. The van der Waals surface area contributed by atoms with Crippen LogP contribution in [-0.2, 0) is 20.4 Å². The molecule has 7 nitrogen and oxygen atoms in total. The molecule has 0 spiro atoms. The molecule has 0 fully saturated rings. The Balaban J connectivity index is 1.64. The minimum Gasteiger partial charge on any atom is -0.444 e. The number of aromatic nitrogens is 1. The lowest BCUT2D eigenvalue weighted by atomic mass is 10.2. The molecule has 0 saturated heterocycles. The van der Waals surface area contributed by atoms with E-state index < -0.39 is 27.3 Å². The Hall–Kier alpha value is -3.44. The third kappa shape index (κ3) is 5.03. The number of anilines is 1. The smallest absolute Gasteiger partial charge is 0.239 e. The minimum absolute atomic E-state index is 0.230. The molecule has 0 aliphatic carbocycles. The van der Waals surface area contributed by atoms with Crippen molar-refractivity contribution in [2.45, 2.75) is 5.75 Å². The van der Waals surface area contributed by atoms with E-state index in [1.807, 2.05) is 24.3 Å². The molecule has 27 heavy (non-hydrogen) atoms. The molecular weight excluding hydrogens is 366 g/mol. The van der Waals surface area contributed by atoms with Crippen molar-refractivity contribution in [3.63, 3.8) is 0 Å². The van der Waals surface area contributed by atoms with Gasteiger partial charge in [0, 0.05) is 11.3 Å². The zero-order chi connectivity index (χ0) is 19.3. The van der Waals surface area contributed by atoms with Crippen LogP contribution in [0.1, 0.15) is 11.3 Å². The first-order valence-electron chi connectivity index (χ1n) is 7.95. The Morgan fingerprint density at radius 3 is 2.67 bits per heavy atom. The number of hydrogen-bond donors (Lipinski definition) is 1. The molecular formula is C19H15N3O4S.